The van der Waals surface area contributed by atoms with Gasteiger partial charge in [0.15, 0.2) is 0 Å². The van der Waals surface area contributed by atoms with Crippen LogP contribution in [0.3, 0.4) is 0 Å². The fourth-order valence-electron chi connectivity index (χ4n) is 1.80. The standard InChI is InChI=1S/C10H14N2/c1-10(11)9-5-3-2-4-8(9)6-7-12-10/h2-5,12H,6-7,11H2,1H3. The third-order valence-corrected chi connectivity index (χ3v) is 2.46. The van der Waals surface area contributed by atoms with E-state index in [-0.39, 0.29) is 5.66 Å². The van der Waals surface area contributed by atoms with Crippen molar-refractivity contribution in [3.05, 3.63) is 35.4 Å². The van der Waals surface area contributed by atoms with Crippen LogP contribution in [-0.4, -0.2) is 6.54 Å². The summed E-state index contributed by atoms with van der Waals surface area (Å²) in [6.45, 7) is 3.00. The van der Waals surface area contributed by atoms with Crippen molar-refractivity contribution in [3.8, 4) is 0 Å². The van der Waals surface area contributed by atoms with E-state index in [1.165, 1.54) is 11.1 Å². The molecule has 2 nitrogen and oxygen atoms in total. The second-order valence-corrected chi connectivity index (χ2v) is 3.54. The van der Waals surface area contributed by atoms with Crippen LogP contribution in [0, 0.1) is 0 Å². The third-order valence-electron chi connectivity index (χ3n) is 2.46. The van der Waals surface area contributed by atoms with Crippen LogP contribution in [-0.2, 0) is 12.1 Å². The van der Waals surface area contributed by atoms with Gasteiger partial charge in [-0.15, -0.1) is 0 Å². The zero-order valence-corrected chi connectivity index (χ0v) is 7.30. The van der Waals surface area contributed by atoms with Gasteiger partial charge in [0, 0.05) is 6.54 Å². The summed E-state index contributed by atoms with van der Waals surface area (Å²) in [5.41, 5.74) is 8.35. The van der Waals surface area contributed by atoms with E-state index in [1.54, 1.807) is 0 Å². The molecule has 1 heterocycles. The normalized spacial score (nSPS) is 28.2. The quantitative estimate of drug-likeness (QED) is 0.596. The van der Waals surface area contributed by atoms with Gasteiger partial charge >= 0.3 is 0 Å². The van der Waals surface area contributed by atoms with Crippen LogP contribution in [0.25, 0.3) is 0 Å². The molecule has 1 aliphatic heterocycles. The molecule has 1 atom stereocenters. The first-order valence-electron chi connectivity index (χ1n) is 4.32. The first-order chi connectivity index (χ1) is 5.70. The molecular formula is C10H14N2. The fraction of sp³-hybridized carbons (Fsp3) is 0.400. The number of rotatable bonds is 0. The minimum atomic E-state index is -0.338. The van der Waals surface area contributed by atoms with Crippen molar-refractivity contribution >= 4 is 0 Å². The van der Waals surface area contributed by atoms with Crippen LogP contribution in [0.2, 0.25) is 0 Å². The van der Waals surface area contributed by atoms with Crippen LogP contribution >= 0.6 is 0 Å². The summed E-state index contributed by atoms with van der Waals surface area (Å²) >= 11 is 0. The van der Waals surface area contributed by atoms with Gasteiger partial charge in [0.25, 0.3) is 0 Å². The number of nitrogens with one attached hydrogen (secondary N) is 1. The highest BCUT2D eigenvalue weighted by atomic mass is 15.1. The summed E-state index contributed by atoms with van der Waals surface area (Å²) in [4.78, 5) is 0. The Kier molecular flexibility index (Phi) is 1.67. The lowest BCUT2D eigenvalue weighted by Gasteiger charge is -2.33. The van der Waals surface area contributed by atoms with Gasteiger partial charge in [0.1, 0.15) is 0 Å². The molecule has 1 aliphatic rings. The molecule has 0 bridgehead atoms. The van der Waals surface area contributed by atoms with Gasteiger partial charge in [-0.3, -0.25) is 5.32 Å². The van der Waals surface area contributed by atoms with Crippen molar-refractivity contribution in [1.82, 2.24) is 5.32 Å². The summed E-state index contributed by atoms with van der Waals surface area (Å²) in [7, 11) is 0. The minimum Gasteiger partial charge on any atom is -0.310 e. The molecule has 1 unspecified atom stereocenters. The topological polar surface area (TPSA) is 38.0 Å². The molecule has 0 aliphatic carbocycles. The highest BCUT2D eigenvalue weighted by Gasteiger charge is 2.26. The maximum Gasteiger partial charge on any atom is 0.0898 e. The molecule has 12 heavy (non-hydrogen) atoms. The van der Waals surface area contributed by atoms with E-state index in [0.717, 1.165) is 13.0 Å². The van der Waals surface area contributed by atoms with Crippen molar-refractivity contribution < 1.29 is 0 Å². The largest absolute Gasteiger partial charge is 0.310 e. The zero-order chi connectivity index (χ0) is 8.60. The molecule has 0 spiro atoms. The highest BCUT2D eigenvalue weighted by molar-refractivity contribution is 5.34. The number of hydrogen-bond donors (Lipinski definition) is 2. The average molecular weight is 162 g/mol. The van der Waals surface area contributed by atoms with Gasteiger partial charge in [-0.05, 0) is 24.5 Å². The summed E-state index contributed by atoms with van der Waals surface area (Å²) in [6.07, 6.45) is 1.09. The summed E-state index contributed by atoms with van der Waals surface area (Å²) < 4.78 is 0. The van der Waals surface area contributed by atoms with Gasteiger partial charge in [-0.1, -0.05) is 24.3 Å². The molecule has 1 aromatic carbocycles. The molecule has 0 amide bonds. The lowest BCUT2D eigenvalue weighted by Crippen LogP contribution is -2.51. The summed E-state index contributed by atoms with van der Waals surface area (Å²) in [6, 6.07) is 8.36. The first-order valence-corrected chi connectivity index (χ1v) is 4.32. The van der Waals surface area contributed by atoms with Crippen LogP contribution in [0.15, 0.2) is 24.3 Å². The third kappa shape index (κ3) is 1.13. The molecule has 0 radical (unpaired) electrons. The van der Waals surface area contributed by atoms with Crippen molar-refractivity contribution in [3.63, 3.8) is 0 Å². The maximum atomic E-state index is 6.08. The molecular weight excluding hydrogens is 148 g/mol. The second kappa shape index (κ2) is 2.57. The fourth-order valence-corrected chi connectivity index (χ4v) is 1.80. The van der Waals surface area contributed by atoms with Crippen molar-refractivity contribution in [2.24, 2.45) is 5.73 Å². The lowest BCUT2D eigenvalue weighted by atomic mass is 9.91. The predicted octanol–water partition coefficient (Wildman–Crippen LogP) is 0.964. The second-order valence-electron chi connectivity index (χ2n) is 3.54. The number of nitrogens with two attached hydrogens (primary N) is 1. The van der Waals surface area contributed by atoms with Crippen molar-refractivity contribution in [2.45, 2.75) is 19.0 Å². The number of hydrogen-bond acceptors (Lipinski definition) is 2. The van der Waals surface area contributed by atoms with Crippen LogP contribution in [0.1, 0.15) is 18.1 Å². The van der Waals surface area contributed by atoms with E-state index in [9.17, 15) is 0 Å². The van der Waals surface area contributed by atoms with Crippen LogP contribution in [0.5, 0.6) is 0 Å². The molecule has 3 N–H and O–H groups in total. The first kappa shape index (κ1) is 7.77. The van der Waals surface area contributed by atoms with Crippen LogP contribution in [0.4, 0.5) is 0 Å². The van der Waals surface area contributed by atoms with E-state index in [0.29, 0.717) is 0 Å². The van der Waals surface area contributed by atoms with E-state index < -0.39 is 0 Å². The smallest absolute Gasteiger partial charge is 0.0898 e. The van der Waals surface area contributed by atoms with E-state index >= 15 is 0 Å². The Morgan fingerprint density at radius 3 is 2.92 bits per heavy atom. The Morgan fingerprint density at radius 1 is 1.42 bits per heavy atom. The molecule has 1 aromatic rings. The Morgan fingerprint density at radius 2 is 2.17 bits per heavy atom. The summed E-state index contributed by atoms with van der Waals surface area (Å²) in [5.74, 6) is 0. The van der Waals surface area contributed by atoms with Gasteiger partial charge in [0.2, 0.25) is 0 Å². The zero-order valence-electron chi connectivity index (χ0n) is 7.30. The molecule has 0 saturated heterocycles. The van der Waals surface area contributed by atoms with Gasteiger partial charge in [-0.25, -0.2) is 0 Å². The van der Waals surface area contributed by atoms with E-state index in [1.807, 2.05) is 13.0 Å². The number of fused-ring (bicyclic) bond motifs is 1. The highest BCUT2D eigenvalue weighted by Crippen LogP contribution is 2.23. The molecule has 2 rings (SSSR count). The molecule has 0 fully saturated rings. The SMILES string of the molecule is CC1(N)NCCc2ccccc21. The molecule has 0 saturated carbocycles. The monoisotopic (exact) mass is 162 g/mol. The van der Waals surface area contributed by atoms with E-state index in [4.69, 9.17) is 5.73 Å². The average Bonchev–Trinajstić information content (AvgIpc) is 2.04. The Labute approximate surface area is 72.8 Å². The Hall–Kier alpha value is -0.860. The molecule has 0 aromatic heterocycles. The van der Waals surface area contributed by atoms with E-state index in [2.05, 4.69) is 23.5 Å². The maximum absolute atomic E-state index is 6.08. The van der Waals surface area contributed by atoms with Crippen LogP contribution < -0.4 is 11.1 Å². The Bertz CT molecular complexity index is 292. The van der Waals surface area contributed by atoms with Crippen molar-refractivity contribution in [2.75, 3.05) is 6.54 Å². The predicted molar refractivity (Wildman–Crippen MR) is 49.7 cm³/mol. The molecule has 64 valence electrons. The Balaban J connectivity index is 2.52. The molecule has 2 heteroatoms. The minimum absolute atomic E-state index is 0.338. The lowest BCUT2D eigenvalue weighted by molar-refractivity contribution is 0.360. The number of benzene rings is 1. The van der Waals surface area contributed by atoms with Gasteiger partial charge < -0.3 is 5.73 Å². The van der Waals surface area contributed by atoms with Gasteiger partial charge in [-0.2, -0.15) is 0 Å². The summed E-state index contributed by atoms with van der Waals surface area (Å²) in [5, 5.41) is 3.29. The van der Waals surface area contributed by atoms with Crippen molar-refractivity contribution in [1.29, 1.82) is 0 Å². The van der Waals surface area contributed by atoms with Gasteiger partial charge in [0.05, 0.1) is 5.66 Å².